The van der Waals surface area contributed by atoms with Gasteiger partial charge in [0.15, 0.2) is 0 Å². The topological polar surface area (TPSA) is 0 Å². The van der Waals surface area contributed by atoms with Crippen LogP contribution in [0.15, 0.2) is 0 Å². The van der Waals surface area contributed by atoms with Gasteiger partial charge in [-0.15, -0.1) is 0 Å². The first-order chi connectivity index (χ1) is 7.18. The van der Waals surface area contributed by atoms with Crippen molar-refractivity contribution in [1.82, 2.24) is 0 Å². The first-order valence-corrected chi connectivity index (χ1v) is 8.38. The Morgan fingerprint density at radius 1 is 0.938 bits per heavy atom. The fourth-order valence-electron chi connectivity index (χ4n) is 3.83. The molecule has 1 saturated carbocycles. The Kier molecular flexibility index (Phi) is 4.50. The quantitative estimate of drug-likeness (QED) is 0.549. The highest BCUT2D eigenvalue weighted by atomic mass is 31.1. The molecule has 1 rings (SSSR count). The van der Waals surface area contributed by atoms with Gasteiger partial charge in [0.05, 0.1) is 0 Å². The van der Waals surface area contributed by atoms with E-state index in [2.05, 4.69) is 48.5 Å². The van der Waals surface area contributed by atoms with Crippen molar-refractivity contribution in [3.05, 3.63) is 0 Å². The molecule has 1 aliphatic rings. The van der Waals surface area contributed by atoms with Crippen LogP contribution in [0.1, 0.15) is 74.1 Å². The molecule has 1 aliphatic carbocycles. The van der Waals surface area contributed by atoms with Gasteiger partial charge < -0.3 is 0 Å². The molecule has 1 fully saturated rings. The molecule has 0 N–H and O–H groups in total. The van der Waals surface area contributed by atoms with E-state index in [9.17, 15) is 0 Å². The van der Waals surface area contributed by atoms with E-state index in [1.165, 1.54) is 25.7 Å². The molecule has 0 bridgehead atoms. The van der Waals surface area contributed by atoms with Crippen molar-refractivity contribution in [3.8, 4) is 0 Å². The lowest BCUT2D eigenvalue weighted by Crippen LogP contribution is -2.33. The molecule has 0 spiro atoms. The first kappa shape index (κ1) is 14.5. The SMILES string of the molecule is CCC1CCCC1P(C(C)(C)C)C(C)(C)C. The third kappa shape index (κ3) is 3.22. The van der Waals surface area contributed by atoms with Crippen LogP contribution < -0.4 is 0 Å². The average Bonchev–Trinajstić information content (AvgIpc) is 2.46. The van der Waals surface area contributed by atoms with Crippen molar-refractivity contribution in [2.45, 2.75) is 90.1 Å². The van der Waals surface area contributed by atoms with E-state index in [1.807, 2.05) is 0 Å². The minimum absolute atomic E-state index is 0.111. The second-order valence-electron chi connectivity index (χ2n) is 7.38. The molecular weight excluding hydrogens is 211 g/mol. The van der Waals surface area contributed by atoms with Gasteiger partial charge in [-0.3, -0.25) is 0 Å². The van der Waals surface area contributed by atoms with Crippen molar-refractivity contribution in [3.63, 3.8) is 0 Å². The summed E-state index contributed by atoms with van der Waals surface area (Å²) in [6.07, 6.45) is 5.87. The molecule has 16 heavy (non-hydrogen) atoms. The van der Waals surface area contributed by atoms with Crippen molar-refractivity contribution >= 4 is 7.92 Å². The van der Waals surface area contributed by atoms with Crippen molar-refractivity contribution in [2.24, 2.45) is 5.92 Å². The van der Waals surface area contributed by atoms with Crippen LogP contribution in [0.5, 0.6) is 0 Å². The highest BCUT2D eigenvalue weighted by Crippen LogP contribution is 2.67. The molecule has 96 valence electrons. The minimum atomic E-state index is 0.111. The summed E-state index contributed by atoms with van der Waals surface area (Å²) in [6, 6.07) is 0. The van der Waals surface area contributed by atoms with E-state index in [1.54, 1.807) is 0 Å². The Morgan fingerprint density at radius 3 is 1.81 bits per heavy atom. The highest BCUT2D eigenvalue weighted by Gasteiger charge is 2.43. The van der Waals surface area contributed by atoms with Gasteiger partial charge in [-0.1, -0.05) is 69.2 Å². The first-order valence-electron chi connectivity index (χ1n) is 6.97. The number of rotatable bonds is 2. The molecule has 0 aromatic rings. The fourth-order valence-corrected chi connectivity index (χ4v) is 9.06. The molecular formula is C15H31P. The summed E-state index contributed by atoms with van der Waals surface area (Å²) in [5.41, 5.74) is 1.03. The lowest BCUT2D eigenvalue weighted by atomic mass is 10.1. The fraction of sp³-hybridized carbons (Fsp3) is 1.00. The third-order valence-corrected chi connectivity index (χ3v) is 8.15. The molecule has 1 heteroatoms. The van der Waals surface area contributed by atoms with E-state index in [0.717, 1.165) is 11.6 Å². The summed E-state index contributed by atoms with van der Waals surface area (Å²) in [7, 11) is 0.111. The monoisotopic (exact) mass is 242 g/mol. The van der Waals surface area contributed by atoms with Crippen LogP contribution in [0.2, 0.25) is 0 Å². The van der Waals surface area contributed by atoms with Gasteiger partial charge in [-0.25, -0.2) is 0 Å². The van der Waals surface area contributed by atoms with Crippen LogP contribution in [0.4, 0.5) is 0 Å². The van der Waals surface area contributed by atoms with Gasteiger partial charge in [-0.05, 0) is 34.7 Å². The van der Waals surface area contributed by atoms with Crippen LogP contribution in [-0.4, -0.2) is 16.0 Å². The maximum absolute atomic E-state index is 2.47. The Morgan fingerprint density at radius 2 is 1.44 bits per heavy atom. The number of hydrogen-bond acceptors (Lipinski definition) is 0. The van der Waals surface area contributed by atoms with E-state index in [-0.39, 0.29) is 7.92 Å². The maximum Gasteiger partial charge on any atom is -0.0172 e. The summed E-state index contributed by atoms with van der Waals surface area (Å²) in [4.78, 5) is 0. The van der Waals surface area contributed by atoms with Crippen molar-refractivity contribution < 1.29 is 0 Å². The summed E-state index contributed by atoms with van der Waals surface area (Å²) in [5.74, 6) is 1.02. The van der Waals surface area contributed by atoms with Gasteiger partial charge in [0.25, 0.3) is 0 Å². The van der Waals surface area contributed by atoms with Gasteiger partial charge >= 0.3 is 0 Å². The lowest BCUT2D eigenvalue weighted by Gasteiger charge is -2.47. The molecule has 0 saturated heterocycles. The van der Waals surface area contributed by atoms with Crippen molar-refractivity contribution in [1.29, 1.82) is 0 Å². The molecule has 0 nitrogen and oxygen atoms in total. The smallest absolute Gasteiger partial charge is 0.0172 e. The molecule has 2 atom stereocenters. The Labute approximate surface area is 104 Å². The summed E-state index contributed by atoms with van der Waals surface area (Å²) < 4.78 is 0. The van der Waals surface area contributed by atoms with Crippen LogP contribution in [0.25, 0.3) is 0 Å². The van der Waals surface area contributed by atoms with Crippen LogP contribution in [0, 0.1) is 5.92 Å². The summed E-state index contributed by atoms with van der Waals surface area (Å²) in [6.45, 7) is 17.2. The molecule has 0 radical (unpaired) electrons. The second-order valence-corrected chi connectivity index (χ2v) is 11.5. The summed E-state index contributed by atoms with van der Waals surface area (Å²) in [5, 5.41) is 1.02. The average molecular weight is 242 g/mol. The Bertz CT molecular complexity index is 205. The minimum Gasteiger partial charge on any atom is -0.0922 e. The predicted octanol–water partition coefficient (Wildman–Crippen LogP) is 5.64. The summed E-state index contributed by atoms with van der Waals surface area (Å²) >= 11 is 0. The Hall–Kier alpha value is 0.430. The maximum atomic E-state index is 2.47. The van der Waals surface area contributed by atoms with E-state index >= 15 is 0 Å². The molecule has 2 unspecified atom stereocenters. The van der Waals surface area contributed by atoms with Gasteiger partial charge in [0.2, 0.25) is 0 Å². The molecule has 0 amide bonds. The van der Waals surface area contributed by atoms with Crippen molar-refractivity contribution in [2.75, 3.05) is 0 Å². The van der Waals surface area contributed by atoms with Gasteiger partial charge in [0.1, 0.15) is 0 Å². The van der Waals surface area contributed by atoms with E-state index < -0.39 is 0 Å². The standard InChI is InChI=1S/C15H31P/c1-8-12-10-9-11-13(12)16(14(2,3)4)15(5,6)7/h12-13H,8-11H2,1-7H3. The lowest BCUT2D eigenvalue weighted by molar-refractivity contribution is 0.522. The van der Waals surface area contributed by atoms with Crippen LogP contribution in [0.3, 0.4) is 0 Å². The zero-order valence-electron chi connectivity index (χ0n) is 12.4. The second kappa shape index (κ2) is 4.97. The zero-order chi connectivity index (χ0) is 12.6. The van der Waals surface area contributed by atoms with E-state index in [0.29, 0.717) is 10.3 Å². The molecule has 0 aromatic heterocycles. The van der Waals surface area contributed by atoms with Crippen LogP contribution in [-0.2, 0) is 0 Å². The zero-order valence-corrected chi connectivity index (χ0v) is 13.3. The predicted molar refractivity (Wildman–Crippen MR) is 77.8 cm³/mol. The van der Waals surface area contributed by atoms with Gasteiger partial charge in [-0.2, -0.15) is 0 Å². The Balaban J connectivity index is 2.93. The number of hydrogen-bond donors (Lipinski definition) is 0. The largest absolute Gasteiger partial charge is 0.0922 e. The normalized spacial score (nSPS) is 27.8. The van der Waals surface area contributed by atoms with Gasteiger partial charge in [0, 0.05) is 0 Å². The molecule has 0 aliphatic heterocycles. The van der Waals surface area contributed by atoms with E-state index in [4.69, 9.17) is 0 Å². The van der Waals surface area contributed by atoms with Crippen LogP contribution >= 0.6 is 7.92 Å². The highest BCUT2D eigenvalue weighted by molar-refractivity contribution is 7.61. The third-order valence-electron chi connectivity index (χ3n) is 3.92. The molecule has 0 aromatic carbocycles. The molecule has 0 heterocycles.